The van der Waals surface area contributed by atoms with E-state index in [0.717, 1.165) is 31.7 Å². The van der Waals surface area contributed by atoms with Crippen molar-refractivity contribution < 1.29 is 4.79 Å². The van der Waals surface area contributed by atoms with Crippen molar-refractivity contribution in [1.29, 1.82) is 0 Å². The Morgan fingerprint density at radius 1 is 1.25 bits per heavy atom. The highest BCUT2D eigenvalue weighted by molar-refractivity contribution is 7.09. The first-order valence-corrected chi connectivity index (χ1v) is 9.60. The molecule has 0 radical (unpaired) electrons. The molecular formula is C17H19Cl2N3OS. The molecule has 0 spiro atoms. The van der Waals surface area contributed by atoms with Crippen LogP contribution < -0.4 is 0 Å². The molecule has 24 heavy (non-hydrogen) atoms. The maximum Gasteiger partial charge on any atom is 0.255 e. The van der Waals surface area contributed by atoms with Crippen molar-refractivity contribution in [3.05, 3.63) is 49.9 Å². The lowest BCUT2D eigenvalue weighted by molar-refractivity contribution is 0.0627. The number of amides is 1. The molecule has 3 rings (SSSR count). The van der Waals surface area contributed by atoms with E-state index in [1.54, 1.807) is 29.5 Å². The topological polar surface area (TPSA) is 36.4 Å². The van der Waals surface area contributed by atoms with Crippen LogP contribution in [0.25, 0.3) is 0 Å². The molecule has 2 aromatic rings. The number of hydrogen-bond acceptors (Lipinski definition) is 4. The summed E-state index contributed by atoms with van der Waals surface area (Å²) in [5.41, 5.74) is 1.64. The average molecular weight is 384 g/mol. The maximum absolute atomic E-state index is 12.6. The first kappa shape index (κ1) is 17.7. The van der Waals surface area contributed by atoms with E-state index in [2.05, 4.69) is 22.2 Å². The third kappa shape index (κ3) is 4.09. The summed E-state index contributed by atoms with van der Waals surface area (Å²) in [4.78, 5) is 21.4. The van der Waals surface area contributed by atoms with Crippen molar-refractivity contribution in [1.82, 2.24) is 14.8 Å². The number of piperazine rings is 1. The number of carbonyl (C=O) groups excluding carboxylic acids is 1. The van der Waals surface area contributed by atoms with Crippen LogP contribution in [0.4, 0.5) is 0 Å². The molecule has 1 aromatic heterocycles. The van der Waals surface area contributed by atoms with E-state index in [9.17, 15) is 4.79 Å². The molecule has 0 unspecified atom stereocenters. The van der Waals surface area contributed by atoms with Crippen LogP contribution in [0.15, 0.2) is 23.6 Å². The van der Waals surface area contributed by atoms with Gasteiger partial charge in [-0.05, 0) is 24.6 Å². The second kappa shape index (κ2) is 7.83. The minimum Gasteiger partial charge on any atom is -0.336 e. The van der Waals surface area contributed by atoms with Gasteiger partial charge in [0.2, 0.25) is 0 Å². The highest BCUT2D eigenvalue weighted by atomic mass is 35.5. The molecule has 7 heteroatoms. The van der Waals surface area contributed by atoms with Gasteiger partial charge in [-0.1, -0.05) is 30.1 Å². The largest absolute Gasteiger partial charge is 0.336 e. The van der Waals surface area contributed by atoms with Gasteiger partial charge in [-0.3, -0.25) is 9.69 Å². The van der Waals surface area contributed by atoms with E-state index >= 15 is 0 Å². The van der Waals surface area contributed by atoms with E-state index in [1.807, 2.05) is 4.90 Å². The van der Waals surface area contributed by atoms with Crippen LogP contribution in [0.5, 0.6) is 0 Å². The Morgan fingerprint density at radius 3 is 2.62 bits per heavy atom. The van der Waals surface area contributed by atoms with Crippen molar-refractivity contribution in [3.63, 3.8) is 0 Å². The Morgan fingerprint density at radius 2 is 2.00 bits per heavy atom. The molecule has 0 N–H and O–H groups in total. The number of carbonyl (C=O) groups is 1. The van der Waals surface area contributed by atoms with Gasteiger partial charge in [-0.15, -0.1) is 11.3 Å². The number of aryl methyl sites for hydroxylation is 1. The smallest absolute Gasteiger partial charge is 0.255 e. The number of halogens is 2. The highest BCUT2D eigenvalue weighted by Crippen LogP contribution is 2.23. The zero-order valence-electron chi connectivity index (χ0n) is 13.5. The summed E-state index contributed by atoms with van der Waals surface area (Å²) in [5.74, 6) is -0.0294. The average Bonchev–Trinajstić information content (AvgIpc) is 3.03. The quantitative estimate of drug-likeness (QED) is 0.801. The predicted octanol–water partition coefficient (Wildman–Crippen LogP) is 3.97. The lowest BCUT2D eigenvalue weighted by Crippen LogP contribution is -2.48. The molecule has 1 amide bonds. The van der Waals surface area contributed by atoms with Crippen molar-refractivity contribution in [2.24, 2.45) is 0 Å². The molecule has 4 nitrogen and oxygen atoms in total. The fourth-order valence-electron chi connectivity index (χ4n) is 2.76. The summed E-state index contributed by atoms with van der Waals surface area (Å²) >= 11 is 13.8. The first-order chi connectivity index (χ1) is 11.6. The van der Waals surface area contributed by atoms with Crippen LogP contribution in [0.3, 0.4) is 0 Å². The number of rotatable bonds is 4. The Bertz CT molecular complexity index is 726. The molecule has 1 saturated heterocycles. The molecule has 128 valence electrons. The molecule has 1 aromatic carbocycles. The van der Waals surface area contributed by atoms with Gasteiger partial charge in [0.1, 0.15) is 0 Å². The van der Waals surface area contributed by atoms with Gasteiger partial charge in [0.05, 0.1) is 21.3 Å². The van der Waals surface area contributed by atoms with Crippen molar-refractivity contribution in [3.8, 4) is 0 Å². The molecular weight excluding hydrogens is 365 g/mol. The molecule has 1 aliphatic heterocycles. The highest BCUT2D eigenvalue weighted by Gasteiger charge is 2.24. The number of aromatic nitrogens is 1. The maximum atomic E-state index is 12.6. The normalized spacial score (nSPS) is 15.7. The molecule has 0 saturated carbocycles. The van der Waals surface area contributed by atoms with E-state index in [-0.39, 0.29) is 5.91 Å². The van der Waals surface area contributed by atoms with E-state index in [4.69, 9.17) is 23.2 Å². The summed E-state index contributed by atoms with van der Waals surface area (Å²) in [6.45, 7) is 6.05. The van der Waals surface area contributed by atoms with E-state index in [0.29, 0.717) is 28.7 Å². The molecule has 1 fully saturated rings. The molecule has 2 heterocycles. The van der Waals surface area contributed by atoms with Crippen molar-refractivity contribution >= 4 is 40.4 Å². The molecule has 1 aliphatic rings. The SMILES string of the molecule is CCc1nc(CN2CCN(C(=O)c3ccc(Cl)cc3Cl)CC2)cs1. The Hall–Kier alpha value is -1.14. The molecule has 0 atom stereocenters. The Labute approximate surface area is 156 Å². The number of hydrogen-bond donors (Lipinski definition) is 0. The van der Waals surface area contributed by atoms with Crippen molar-refractivity contribution in [2.75, 3.05) is 26.2 Å². The van der Waals surface area contributed by atoms with E-state index < -0.39 is 0 Å². The number of nitrogens with zero attached hydrogens (tertiary/aromatic N) is 3. The standard InChI is InChI=1S/C17H19Cl2N3OS/c1-2-16-20-13(11-24-16)10-21-5-7-22(8-6-21)17(23)14-4-3-12(18)9-15(14)19/h3-4,9,11H,2,5-8,10H2,1H3. The second-order valence-corrected chi connectivity index (χ2v) is 7.56. The summed E-state index contributed by atoms with van der Waals surface area (Å²) in [7, 11) is 0. The fourth-order valence-corrected chi connectivity index (χ4v) is 3.98. The Kier molecular flexibility index (Phi) is 5.76. The second-order valence-electron chi connectivity index (χ2n) is 5.78. The third-order valence-corrected chi connectivity index (χ3v) is 5.70. The van der Waals surface area contributed by atoms with Crippen LogP contribution in [0.2, 0.25) is 10.0 Å². The lowest BCUT2D eigenvalue weighted by Gasteiger charge is -2.34. The van der Waals surface area contributed by atoms with Gasteiger partial charge in [0.15, 0.2) is 0 Å². The zero-order chi connectivity index (χ0) is 17.1. The van der Waals surface area contributed by atoms with Gasteiger partial charge in [0, 0.05) is 43.1 Å². The monoisotopic (exact) mass is 383 g/mol. The van der Waals surface area contributed by atoms with Gasteiger partial charge in [-0.25, -0.2) is 4.98 Å². The van der Waals surface area contributed by atoms with Crippen LogP contribution in [-0.2, 0) is 13.0 Å². The summed E-state index contributed by atoms with van der Waals surface area (Å²) in [6.07, 6.45) is 0.981. The number of benzene rings is 1. The van der Waals surface area contributed by atoms with Gasteiger partial charge >= 0.3 is 0 Å². The van der Waals surface area contributed by atoms with Crippen molar-refractivity contribution in [2.45, 2.75) is 19.9 Å². The summed E-state index contributed by atoms with van der Waals surface area (Å²) in [6, 6.07) is 5.01. The Balaban J connectivity index is 1.57. The fraction of sp³-hybridized carbons (Fsp3) is 0.412. The minimum atomic E-state index is -0.0294. The van der Waals surface area contributed by atoms with E-state index in [1.165, 1.54) is 5.01 Å². The predicted molar refractivity (Wildman–Crippen MR) is 99.1 cm³/mol. The van der Waals surface area contributed by atoms with Gasteiger partial charge in [0.25, 0.3) is 5.91 Å². The minimum absolute atomic E-state index is 0.0294. The van der Waals surface area contributed by atoms with Crippen LogP contribution in [0, 0.1) is 0 Å². The first-order valence-electron chi connectivity index (χ1n) is 7.96. The summed E-state index contributed by atoms with van der Waals surface area (Å²) in [5, 5.41) is 4.25. The van der Waals surface area contributed by atoms with Gasteiger partial charge < -0.3 is 4.90 Å². The molecule has 0 aliphatic carbocycles. The van der Waals surface area contributed by atoms with Gasteiger partial charge in [-0.2, -0.15) is 0 Å². The zero-order valence-corrected chi connectivity index (χ0v) is 15.8. The lowest BCUT2D eigenvalue weighted by atomic mass is 10.1. The van der Waals surface area contributed by atoms with Crippen LogP contribution >= 0.6 is 34.5 Å². The summed E-state index contributed by atoms with van der Waals surface area (Å²) < 4.78 is 0. The molecule has 0 bridgehead atoms. The van der Waals surface area contributed by atoms with Crippen LogP contribution in [0.1, 0.15) is 28.0 Å². The number of thiazole rings is 1. The third-order valence-electron chi connectivity index (χ3n) is 4.11. The van der Waals surface area contributed by atoms with Crippen LogP contribution in [-0.4, -0.2) is 46.9 Å².